The van der Waals surface area contributed by atoms with E-state index in [2.05, 4.69) is 81.2 Å². The minimum atomic E-state index is 0.0984. The lowest BCUT2D eigenvalue weighted by Gasteiger charge is -2.26. The molecule has 0 radical (unpaired) electrons. The zero-order valence-electron chi connectivity index (χ0n) is 66.9. The van der Waals surface area contributed by atoms with E-state index in [-0.39, 0.29) is 29.5 Å². The van der Waals surface area contributed by atoms with Crippen LogP contribution in [0.3, 0.4) is 0 Å². The highest BCUT2D eigenvalue weighted by atomic mass is 16.2. The van der Waals surface area contributed by atoms with Crippen molar-refractivity contribution in [2.75, 3.05) is 105 Å². The molecule has 14 heteroatoms. The van der Waals surface area contributed by atoms with E-state index < -0.39 is 0 Å². The molecule has 0 spiro atoms. The minimum absolute atomic E-state index is 0.0984. The van der Waals surface area contributed by atoms with Crippen molar-refractivity contribution in [1.82, 2.24) is 46.6 Å². The molecule has 0 aliphatic heterocycles. The summed E-state index contributed by atoms with van der Waals surface area (Å²) in [5, 5.41) is 19.7. The molecule has 0 saturated carbocycles. The lowest BCUT2D eigenvalue weighted by molar-refractivity contribution is -0.123. The SMILES string of the molecule is CCCCCCCCCCCCNC(=O)CCN(CCCCNCCCN(CCC(=O)NCCCCCCCCCCCC)CCC(=O)NCCCCCCCCCCCC)CCCN(CCC(=O)NCCCCCCCCCCCC)CCC(=O)NCCCCCCCCCCCC. The standard InChI is InChI=1S/C85H171N9O5/c1-6-11-16-21-26-31-36-41-46-51-67-87-81(95)60-76-92(74-59-75-94(79-63-84(98)90-70-54-49-44-39-34-29-24-19-14-9-4)80-64-85(99)91-71-55-50-45-40-35-30-25-20-15-10-5)72-57-56-65-86-66-58-73-93(77-61-82(96)88-68-52-47-42-37-32-27-22-17-12-7-2)78-62-83(97)89-69-53-48-43-38-33-28-23-18-13-8-3/h86H,6-80H2,1-5H3,(H,87,95)(H,88,96)(H,89,97)(H,90,98)(H,91,99). The van der Waals surface area contributed by atoms with E-state index in [1.54, 1.807) is 0 Å². The van der Waals surface area contributed by atoms with Crippen LogP contribution in [0.25, 0.3) is 0 Å². The van der Waals surface area contributed by atoms with Crippen LogP contribution in [0.5, 0.6) is 0 Å². The van der Waals surface area contributed by atoms with E-state index in [0.29, 0.717) is 64.8 Å². The van der Waals surface area contributed by atoms with Gasteiger partial charge >= 0.3 is 0 Å². The van der Waals surface area contributed by atoms with Crippen LogP contribution in [0.15, 0.2) is 0 Å². The molecule has 0 unspecified atom stereocenters. The first-order valence-corrected chi connectivity index (χ1v) is 43.9. The summed E-state index contributed by atoms with van der Waals surface area (Å²) in [6, 6.07) is 0. The Labute approximate surface area is 615 Å². The van der Waals surface area contributed by atoms with Crippen LogP contribution in [-0.4, -0.2) is 149 Å². The molecular weight excluding hydrogens is 1230 g/mol. The Morgan fingerprint density at radius 2 is 0.333 bits per heavy atom. The first kappa shape index (κ1) is 96.2. The fourth-order valence-electron chi connectivity index (χ4n) is 13.6. The summed E-state index contributed by atoms with van der Waals surface area (Å²) < 4.78 is 0. The molecule has 0 aromatic rings. The van der Waals surface area contributed by atoms with Crippen molar-refractivity contribution < 1.29 is 24.0 Å². The molecule has 5 amide bonds. The molecule has 0 bridgehead atoms. The zero-order valence-corrected chi connectivity index (χ0v) is 66.9. The van der Waals surface area contributed by atoms with Gasteiger partial charge in [-0.25, -0.2) is 0 Å². The van der Waals surface area contributed by atoms with Crippen LogP contribution in [0.4, 0.5) is 0 Å². The van der Waals surface area contributed by atoms with Gasteiger partial charge in [-0.1, -0.05) is 324 Å². The van der Waals surface area contributed by atoms with Crippen molar-refractivity contribution in [3.05, 3.63) is 0 Å². The van der Waals surface area contributed by atoms with Gasteiger partial charge in [0.25, 0.3) is 0 Å². The number of carbonyl (C=O) groups is 5. The van der Waals surface area contributed by atoms with Crippen molar-refractivity contribution in [2.45, 2.75) is 413 Å². The van der Waals surface area contributed by atoms with Crippen LogP contribution in [-0.2, 0) is 24.0 Å². The smallest absolute Gasteiger partial charge is 0.221 e. The molecule has 0 atom stereocenters. The number of nitrogens with zero attached hydrogens (tertiary/aromatic N) is 3. The topological polar surface area (TPSA) is 167 Å². The molecule has 0 aromatic heterocycles. The van der Waals surface area contributed by atoms with Crippen LogP contribution in [0.1, 0.15) is 413 Å². The molecular formula is C85H171N9O5. The molecule has 0 aromatic carbocycles. The summed E-state index contributed by atoms with van der Waals surface area (Å²) in [6.45, 7) is 23.5. The highest BCUT2D eigenvalue weighted by Crippen LogP contribution is 2.16. The molecule has 0 fully saturated rings. The van der Waals surface area contributed by atoms with E-state index in [1.165, 1.54) is 276 Å². The normalized spacial score (nSPS) is 11.6. The number of nitrogens with one attached hydrogen (secondary N) is 6. The summed E-state index contributed by atoms with van der Waals surface area (Å²) in [5.74, 6) is 0.553. The Balaban J connectivity index is 5.58. The van der Waals surface area contributed by atoms with Gasteiger partial charge in [0.2, 0.25) is 29.5 Å². The van der Waals surface area contributed by atoms with E-state index >= 15 is 0 Å². The van der Waals surface area contributed by atoms with Gasteiger partial charge < -0.3 is 46.6 Å². The summed E-state index contributed by atoms with van der Waals surface area (Å²) in [6.07, 6.45) is 70.0. The second kappa shape index (κ2) is 80.9. The molecule has 6 N–H and O–H groups in total. The number of unbranched alkanes of at least 4 members (excludes halogenated alkanes) is 46. The van der Waals surface area contributed by atoms with Gasteiger partial charge in [0, 0.05) is 97.6 Å². The zero-order chi connectivity index (χ0) is 71.9. The predicted molar refractivity (Wildman–Crippen MR) is 428 cm³/mol. The molecule has 99 heavy (non-hydrogen) atoms. The fraction of sp³-hybridized carbons (Fsp3) is 0.941. The summed E-state index contributed by atoms with van der Waals surface area (Å²) in [7, 11) is 0. The van der Waals surface area contributed by atoms with Gasteiger partial charge in [-0.2, -0.15) is 0 Å². The third kappa shape index (κ3) is 76.2. The number of amides is 5. The largest absolute Gasteiger partial charge is 0.356 e. The highest BCUT2D eigenvalue weighted by molar-refractivity contribution is 5.77. The third-order valence-electron chi connectivity index (χ3n) is 20.4. The number of rotatable bonds is 83. The molecule has 0 rings (SSSR count). The van der Waals surface area contributed by atoms with E-state index in [0.717, 1.165) is 143 Å². The predicted octanol–water partition coefficient (Wildman–Crippen LogP) is 20.2. The van der Waals surface area contributed by atoms with Gasteiger partial charge in [-0.15, -0.1) is 0 Å². The van der Waals surface area contributed by atoms with Gasteiger partial charge in [0.1, 0.15) is 0 Å². The average molecular weight is 1400 g/mol. The molecule has 0 heterocycles. The quantitative estimate of drug-likeness (QED) is 0.0325. The molecule has 14 nitrogen and oxygen atoms in total. The molecule has 0 aliphatic rings. The Kier molecular flexibility index (Phi) is 78.6. The third-order valence-corrected chi connectivity index (χ3v) is 20.4. The molecule has 0 aliphatic carbocycles. The molecule has 0 saturated heterocycles. The van der Waals surface area contributed by atoms with E-state index in [4.69, 9.17) is 0 Å². The molecule has 586 valence electrons. The Bertz CT molecular complexity index is 1630. The van der Waals surface area contributed by atoms with Crippen molar-refractivity contribution in [3.63, 3.8) is 0 Å². The lowest BCUT2D eigenvalue weighted by Crippen LogP contribution is -2.37. The summed E-state index contributed by atoms with van der Waals surface area (Å²) in [5.41, 5.74) is 0. The van der Waals surface area contributed by atoms with Gasteiger partial charge in [0.05, 0.1) is 0 Å². The number of carbonyl (C=O) groups excluding carboxylic acids is 5. The van der Waals surface area contributed by atoms with E-state index in [1.807, 2.05) is 0 Å². The second-order valence-corrected chi connectivity index (χ2v) is 30.1. The minimum Gasteiger partial charge on any atom is -0.356 e. The Hall–Kier alpha value is -2.81. The van der Waals surface area contributed by atoms with Crippen LogP contribution < -0.4 is 31.9 Å². The maximum absolute atomic E-state index is 13.3. The summed E-state index contributed by atoms with van der Waals surface area (Å²) in [4.78, 5) is 73.0. The first-order valence-electron chi connectivity index (χ1n) is 43.9. The second-order valence-electron chi connectivity index (χ2n) is 30.1. The first-order chi connectivity index (χ1) is 48.7. The van der Waals surface area contributed by atoms with Gasteiger partial charge in [-0.05, 0) is 97.1 Å². The Morgan fingerprint density at radius 1 is 0.172 bits per heavy atom. The highest BCUT2D eigenvalue weighted by Gasteiger charge is 2.16. The summed E-state index contributed by atoms with van der Waals surface area (Å²) >= 11 is 0. The van der Waals surface area contributed by atoms with Gasteiger partial charge in [-0.3, -0.25) is 24.0 Å². The maximum atomic E-state index is 13.3. The maximum Gasteiger partial charge on any atom is 0.221 e. The van der Waals surface area contributed by atoms with Crippen molar-refractivity contribution in [2.24, 2.45) is 0 Å². The van der Waals surface area contributed by atoms with Crippen LogP contribution >= 0.6 is 0 Å². The van der Waals surface area contributed by atoms with Crippen molar-refractivity contribution >= 4 is 29.5 Å². The van der Waals surface area contributed by atoms with Crippen molar-refractivity contribution in [3.8, 4) is 0 Å². The van der Waals surface area contributed by atoms with Crippen LogP contribution in [0, 0.1) is 0 Å². The van der Waals surface area contributed by atoms with Crippen molar-refractivity contribution in [1.29, 1.82) is 0 Å². The number of hydrogen-bond acceptors (Lipinski definition) is 9. The lowest BCUT2D eigenvalue weighted by atomic mass is 10.1. The fourth-order valence-corrected chi connectivity index (χ4v) is 13.6. The van der Waals surface area contributed by atoms with Crippen LogP contribution in [0.2, 0.25) is 0 Å². The monoisotopic (exact) mass is 1400 g/mol. The number of hydrogen-bond donors (Lipinski definition) is 6. The average Bonchev–Trinajstić information content (AvgIpc) is 1.80. The van der Waals surface area contributed by atoms with E-state index in [9.17, 15) is 24.0 Å². The Morgan fingerprint density at radius 3 is 0.556 bits per heavy atom. The van der Waals surface area contributed by atoms with Gasteiger partial charge in [0.15, 0.2) is 0 Å².